The molecule has 4 heteroatoms. The smallest absolute Gasteiger partial charge is 0.142 e. The maximum atomic E-state index is 5.81. The predicted octanol–water partition coefficient (Wildman–Crippen LogP) is 2.42. The molecule has 0 saturated heterocycles. The molecule has 0 unspecified atom stereocenters. The van der Waals surface area contributed by atoms with Crippen molar-refractivity contribution in [1.29, 1.82) is 0 Å². The van der Waals surface area contributed by atoms with Crippen molar-refractivity contribution >= 4 is 22.4 Å². The Balaban J connectivity index is 2.13. The quantitative estimate of drug-likeness (QED) is 0.779. The van der Waals surface area contributed by atoms with Gasteiger partial charge < -0.3 is 11.1 Å². The van der Waals surface area contributed by atoms with E-state index in [0.717, 1.165) is 18.8 Å². The van der Waals surface area contributed by atoms with Crippen LogP contribution >= 0.6 is 11.5 Å². The van der Waals surface area contributed by atoms with E-state index in [1.807, 2.05) is 0 Å². The largest absolute Gasteiger partial charge is 0.383 e. The molecule has 1 heterocycles. The van der Waals surface area contributed by atoms with E-state index in [2.05, 4.69) is 16.6 Å². The predicted molar refractivity (Wildman–Crippen MR) is 57.3 cm³/mol. The highest BCUT2D eigenvalue weighted by Crippen LogP contribution is 2.47. The van der Waals surface area contributed by atoms with E-state index in [-0.39, 0.29) is 0 Å². The van der Waals surface area contributed by atoms with Crippen LogP contribution in [0.25, 0.3) is 0 Å². The number of anilines is 2. The van der Waals surface area contributed by atoms with Crippen LogP contribution in [-0.4, -0.2) is 10.9 Å². The zero-order valence-electron chi connectivity index (χ0n) is 7.84. The van der Waals surface area contributed by atoms with E-state index < -0.39 is 0 Å². The van der Waals surface area contributed by atoms with E-state index in [1.165, 1.54) is 34.9 Å². The summed E-state index contributed by atoms with van der Waals surface area (Å²) in [4.78, 5) is 0. The Morgan fingerprint density at radius 1 is 1.62 bits per heavy atom. The molecule has 1 aliphatic carbocycles. The van der Waals surface area contributed by atoms with Crippen LogP contribution < -0.4 is 11.1 Å². The lowest BCUT2D eigenvalue weighted by atomic mass is 10.2. The first-order valence-corrected chi connectivity index (χ1v) is 5.59. The van der Waals surface area contributed by atoms with Crippen molar-refractivity contribution < 1.29 is 0 Å². The van der Waals surface area contributed by atoms with Crippen LogP contribution in [0.4, 0.5) is 10.8 Å². The molecule has 13 heavy (non-hydrogen) atoms. The summed E-state index contributed by atoms with van der Waals surface area (Å²) in [6.07, 6.45) is 3.70. The lowest BCUT2D eigenvalue weighted by Crippen LogP contribution is -2.00. The molecule has 0 bridgehead atoms. The third-order valence-electron chi connectivity index (χ3n) is 2.28. The molecule has 0 atom stereocenters. The van der Waals surface area contributed by atoms with Crippen molar-refractivity contribution in [3.05, 3.63) is 5.56 Å². The normalized spacial score (nSPS) is 16.1. The van der Waals surface area contributed by atoms with E-state index in [4.69, 9.17) is 5.73 Å². The van der Waals surface area contributed by atoms with Gasteiger partial charge in [0.25, 0.3) is 0 Å². The van der Waals surface area contributed by atoms with Crippen LogP contribution in [0.1, 0.15) is 37.7 Å². The van der Waals surface area contributed by atoms with Crippen LogP contribution in [0.2, 0.25) is 0 Å². The van der Waals surface area contributed by atoms with Crippen molar-refractivity contribution in [2.45, 2.75) is 32.1 Å². The summed E-state index contributed by atoms with van der Waals surface area (Å²) in [5, 5.41) is 4.58. The molecule has 0 aromatic carbocycles. The summed E-state index contributed by atoms with van der Waals surface area (Å²) >= 11 is 1.50. The van der Waals surface area contributed by atoms with Gasteiger partial charge in [0.05, 0.1) is 0 Å². The fraction of sp³-hybridized carbons (Fsp3) is 0.667. The highest BCUT2D eigenvalue weighted by molar-refractivity contribution is 7.10. The number of rotatable bonds is 4. The lowest BCUT2D eigenvalue weighted by Gasteiger charge is -2.03. The van der Waals surface area contributed by atoms with Gasteiger partial charge >= 0.3 is 0 Å². The number of nitrogens with two attached hydrogens (primary N) is 1. The summed E-state index contributed by atoms with van der Waals surface area (Å²) in [6.45, 7) is 3.18. The van der Waals surface area contributed by atoms with Crippen LogP contribution in [0, 0.1) is 0 Å². The molecule has 0 aliphatic heterocycles. The molecule has 72 valence electrons. The van der Waals surface area contributed by atoms with E-state index in [1.54, 1.807) is 0 Å². The minimum atomic E-state index is 0.693. The van der Waals surface area contributed by atoms with Gasteiger partial charge in [-0.1, -0.05) is 6.92 Å². The van der Waals surface area contributed by atoms with Crippen molar-refractivity contribution in [3.8, 4) is 0 Å². The average molecular weight is 197 g/mol. The van der Waals surface area contributed by atoms with E-state index in [0.29, 0.717) is 5.92 Å². The van der Waals surface area contributed by atoms with Crippen LogP contribution in [0.3, 0.4) is 0 Å². The molecular formula is C9H15N3S. The fourth-order valence-electron chi connectivity index (χ4n) is 1.44. The minimum Gasteiger partial charge on any atom is -0.383 e. The summed E-state index contributed by atoms with van der Waals surface area (Å²) in [6, 6.07) is 0. The molecule has 0 radical (unpaired) electrons. The first-order valence-electron chi connectivity index (χ1n) is 4.81. The van der Waals surface area contributed by atoms with Crippen molar-refractivity contribution in [1.82, 2.24) is 4.37 Å². The van der Waals surface area contributed by atoms with Gasteiger partial charge in [0.2, 0.25) is 0 Å². The second kappa shape index (κ2) is 3.54. The first-order chi connectivity index (χ1) is 6.33. The number of nitrogens with one attached hydrogen (secondary N) is 1. The molecule has 1 saturated carbocycles. The Morgan fingerprint density at radius 2 is 2.38 bits per heavy atom. The third kappa shape index (κ3) is 1.77. The van der Waals surface area contributed by atoms with E-state index >= 15 is 0 Å². The van der Waals surface area contributed by atoms with Gasteiger partial charge in [0, 0.05) is 12.1 Å². The van der Waals surface area contributed by atoms with Crippen LogP contribution in [0.5, 0.6) is 0 Å². The third-order valence-corrected chi connectivity index (χ3v) is 3.11. The molecule has 3 nitrogen and oxygen atoms in total. The fourth-order valence-corrected chi connectivity index (χ4v) is 2.27. The standard InChI is InChI=1S/C9H15N3S/c1-2-5-11-9-7(6-3-4-6)8(10)12-13-9/h6,11H,2-5H2,1H3,(H2,10,12). The Bertz CT molecular complexity index is 291. The van der Waals surface area contributed by atoms with Gasteiger partial charge in [-0.3, -0.25) is 0 Å². The lowest BCUT2D eigenvalue weighted by molar-refractivity contribution is 0.978. The molecule has 1 fully saturated rings. The van der Waals surface area contributed by atoms with Crippen molar-refractivity contribution in [2.24, 2.45) is 0 Å². The SMILES string of the molecule is CCCNc1snc(N)c1C1CC1. The van der Waals surface area contributed by atoms with Crippen LogP contribution in [0.15, 0.2) is 0 Å². The molecule has 1 aromatic heterocycles. The Labute approximate surface area is 82.5 Å². The summed E-state index contributed by atoms with van der Waals surface area (Å²) in [5.41, 5.74) is 7.09. The second-order valence-corrected chi connectivity index (χ2v) is 4.29. The molecule has 1 aliphatic rings. The number of aromatic nitrogens is 1. The monoisotopic (exact) mass is 197 g/mol. The average Bonchev–Trinajstić information content (AvgIpc) is 2.88. The summed E-state index contributed by atoms with van der Waals surface area (Å²) in [7, 11) is 0. The van der Waals surface area contributed by atoms with Gasteiger partial charge in [-0.2, -0.15) is 4.37 Å². The van der Waals surface area contributed by atoms with Gasteiger partial charge in [0.1, 0.15) is 10.8 Å². The Hall–Kier alpha value is -0.770. The molecule has 2 rings (SSSR count). The zero-order valence-corrected chi connectivity index (χ0v) is 8.66. The number of hydrogen-bond donors (Lipinski definition) is 2. The Kier molecular flexibility index (Phi) is 2.40. The maximum Gasteiger partial charge on any atom is 0.142 e. The Morgan fingerprint density at radius 3 is 3.00 bits per heavy atom. The molecular weight excluding hydrogens is 182 g/mol. The molecule has 3 N–H and O–H groups in total. The van der Waals surface area contributed by atoms with Gasteiger partial charge in [-0.25, -0.2) is 0 Å². The highest BCUT2D eigenvalue weighted by atomic mass is 32.1. The van der Waals surface area contributed by atoms with Crippen molar-refractivity contribution in [3.63, 3.8) is 0 Å². The number of hydrogen-bond acceptors (Lipinski definition) is 4. The van der Waals surface area contributed by atoms with Crippen LogP contribution in [-0.2, 0) is 0 Å². The van der Waals surface area contributed by atoms with Gasteiger partial charge in [-0.15, -0.1) is 0 Å². The second-order valence-electron chi connectivity index (χ2n) is 3.51. The number of nitrogens with zero attached hydrogens (tertiary/aromatic N) is 1. The van der Waals surface area contributed by atoms with Gasteiger partial charge in [-0.05, 0) is 36.7 Å². The summed E-state index contributed by atoms with van der Waals surface area (Å²) in [5.74, 6) is 1.43. The first kappa shape index (κ1) is 8.81. The molecule has 1 aromatic rings. The highest BCUT2D eigenvalue weighted by Gasteiger charge is 2.30. The van der Waals surface area contributed by atoms with Crippen molar-refractivity contribution in [2.75, 3.05) is 17.6 Å². The van der Waals surface area contributed by atoms with E-state index in [9.17, 15) is 0 Å². The molecule has 0 spiro atoms. The maximum absolute atomic E-state index is 5.81. The number of nitrogen functional groups attached to an aromatic ring is 1. The zero-order chi connectivity index (χ0) is 9.26. The topological polar surface area (TPSA) is 50.9 Å². The summed E-state index contributed by atoms with van der Waals surface area (Å²) < 4.78 is 4.19. The molecule has 0 amide bonds. The minimum absolute atomic E-state index is 0.693. The van der Waals surface area contributed by atoms with Gasteiger partial charge in [0.15, 0.2) is 0 Å².